The molecule has 3 rings (SSSR count). The second-order valence-corrected chi connectivity index (χ2v) is 9.08. The van der Waals surface area contributed by atoms with E-state index in [2.05, 4.69) is 5.32 Å². The fourth-order valence-electron chi connectivity index (χ4n) is 3.16. The van der Waals surface area contributed by atoms with Gasteiger partial charge in [0, 0.05) is 23.9 Å². The van der Waals surface area contributed by atoms with Gasteiger partial charge < -0.3 is 14.8 Å². The number of hydrogen-bond acceptors (Lipinski definition) is 7. The fraction of sp³-hybridized carbons (Fsp3) is 0.174. The summed E-state index contributed by atoms with van der Waals surface area (Å²) in [5, 5.41) is 13.5. The molecule has 0 spiro atoms. The van der Waals surface area contributed by atoms with E-state index in [9.17, 15) is 23.3 Å². The van der Waals surface area contributed by atoms with Gasteiger partial charge >= 0.3 is 0 Å². The molecule has 11 heteroatoms. The summed E-state index contributed by atoms with van der Waals surface area (Å²) in [7, 11) is -1.30. The topological polar surface area (TPSA) is 128 Å². The Bertz CT molecular complexity index is 1310. The Hall–Kier alpha value is -4.12. The summed E-state index contributed by atoms with van der Waals surface area (Å²) in [6, 6.07) is 16.1. The number of benzene rings is 3. The van der Waals surface area contributed by atoms with Gasteiger partial charge in [-0.2, -0.15) is 0 Å². The van der Waals surface area contributed by atoms with Crippen LogP contribution in [0.5, 0.6) is 11.5 Å². The molecule has 0 unspecified atom stereocenters. The van der Waals surface area contributed by atoms with Crippen LogP contribution in [0.1, 0.15) is 5.56 Å². The van der Waals surface area contributed by atoms with Gasteiger partial charge in [-0.05, 0) is 37.3 Å². The van der Waals surface area contributed by atoms with Crippen LogP contribution < -0.4 is 19.1 Å². The highest BCUT2D eigenvalue weighted by Gasteiger charge is 2.28. The molecule has 0 aromatic heterocycles. The molecule has 0 aliphatic rings. The van der Waals surface area contributed by atoms with Crippen molar-refractivity contribution in [2.24, 2.45) is 0 Å². The Morgan fingerprint density at radius 3 is 2.29 bits per heavy atom. The molecule has 178 valence electrons. The molecule has 0 bridgehead atoms. The lowest BCUT2D eigenvalue weighted by molar-refractivity contribution is -0.384. The highest BCUT2D eigenvalue weighted by atomic mass is 32.2. The third-order valence-corrected chi connectivity index (χ3v) is 6.68. The van der Waals surface area contributed by atoms with Crippen LogP contribution in [0.4, 0.5) is 17.1 Å². The molecule has 0 fully saturated rings. The van der Waals surface area contributed by atoms with Gasteiger partial charge in [-0.1, -0.05) is 23.8 Å². The largest absolute Gasteiger partial charge is 0.493 e. The third-order valence-electron chi connectivity index (χ3n) is 4.89. The maximum absolute atomic E-state index is 13.5. The average Bonchev–Trinajstić information content (AvgIpc) is 2.82. The van der Waals surface area contributed by atoms with E-state index < -0.39 is 27.4 Å². The number of nitro groups is 1. The average molecular weight is 486 g/mol. The molecule has 1 N–H and O–H groups in total. The Balaban J connectivity index is 1.99. The first kappa shape index (κ1) is 24.5. The molecular formula is C23H23N3O7S. The number of ether oxygens (including phenoxy) is 2. The van der Waals surface area contributed by atoms with E-state index in [4.69, 9.17) is 9.47 Å². The van der Waals surface area contributed by atoms with Gasteiger partial charge in [0.2, 0.25) is 5.91 Å². The van der Waals surface area contributed by atoms with Crippen molar-refractivity contribution in [3.8, 4) is 11.5 Å². The predicted octanol–water partition coefficient (Wildman–Crippen LogP) is 3.75. The number of sulfonamides is 1. The molecule has 10 nitrogen and oxygen atoms in total. The number of aryl methyl sites for hydroxylation is 1. The predicted molar refractivity (Wildman–Crippen MR) is 127 cm³/mol. The lowest BCUT2D eigenvalue weighted by Crippen LogP contribution is -2.38. The van der Waals surface area contributed by atoms with E-state index in [-0.39, 0.29) is 27.7 Å². The van der Waals surface area contributed by atoms with Crippen molar-refractivity contribution in [2.45, 2.75) is 11.8 Å². The van der Waals surface area contributed by atoms with Gasteiger partial charge in [-0.3, -0.25) is 19.2 Å². The minimum absolute atomic E-state index is 0.00367. The first-order chi connectivity index (χ1) is 16.1. The Labute approximate surface area is 196 Å². The molecule has 1 amide bonds. The van der Waals surface area contributed by atoms with E-state index >= 15 is 0 Å². The number of carbonyl (C=O) groups is 1. The molecule has 0 aliphatic heterocycles. The molecule has 34 heavy (non-hydrogen) atoms. The summed E-state index contributed by atoms with van der Waals surface area (Å²) in [4.78, 5) is 23.3. The molecule has 0 atom stereocenters. The van der Waals surface area contributed by atoms with Crippen LogP contribution >= 0.6 is 0 Å². The van der Waals surface area contributed by atoms with Crippen molar-refractivity contribution in [2.75, 3.05) is 30.4 Å². The second kappa shape index (κ2) is 10.2. The summed E-state index contributed by atoms with van der Waals surface area (Å²) >= 11 is 0. The number of anilines is 2. The Morgan fingerprint density at radius 1 is 1.00 bits per heavy atom. The number of carbonyl (C=O) groups excluding carboxylic acids is 1. The van der Waals surface area contributed by atoms with Crippen LogP contribution in [0.25, 0.3) is 0 Å². The lowest BCUT2D eigenvalue weighted by Gasteiger charge is -2.25. The monoisotopic (exact) mass is 485 g/mol. The maximum Gasteiger partial charge on any atom is 0.271 e. The van der Waals surface area contributed by atoms with Crippen molar-refractivity contribution in [3.63, 3.8) is 0 Å². The first-order valence-corrected chi connectivity index (χ1v) is 11.5. The second-order valence-electron chi connectivity index (χ2n) is 7.22. The zero-order valence-electron chi connectivity index (χ0n) is 18.7. The fourth-order valence-corrected chi connectivity index (χ4v) is 4.57. The van der Waals surface area contributed by atoms with Crippen molar-refractivity contribution in [1.29, 1.82) is 0 Å². The normalized spacial score (nSPS) is 10.9. The number of methoxy groups -OCH3 is 2. The molecular weight excluding hydrogens is 462 g/mol. The number of nitro benzene ring substituents is 1. The SMILES string of the molecule is COc1ccc(N(CC(=O)Nc2cccc([N+](=O)[O-])c2)S(=O)(=O)c2ccc(C)cc2)cc1OC. The number of rotatable bonds is 9. The van der Waals surface area contributed by atoms with E-state index in [1.54, 1.807) is 12.1 Å². The van der Waals surface area contributed by atoms with E-state index in [0.29, 0.717) is 5.75 Å². The number of nitrogens with zero attached hydrogens (tertiary/aromatic N) is 2. The molecule has 0 saturated heterocycles. The molecule has 0 saturated carbocycles. The molecule has 0 aliphatic carbocycles. The number of hydrogen-bond donors (Lipinski definition) is 1. The van der Waals surface area contributed by atoms with Crippen LogP contribution in [0.2, 0.25) is 0 Å². The van der Waals surface area contributed by atoms with Crippen molar-refractivity contribution in [1.82, 2.24) is 0 Å². The molecule has 3 aromatic rings. The highest BCUT2D eigenvalue weighted by molar-refractivity contribution is 7.92. The van der Waals surface area contributed by atoms with Gasteiger partial charge in [-0.25, -0.2) is 8.42 Å². The minimum Gasteiger partial charge on any atom is -0.493 e. The van der Waals surface area contributed by atoms with Gasteiger partial charge in [0.05, 0.1) is 29.7 Å². The van der Waals surface area contributed by atoms with Crippen molar-refractivity contribution < 1.29 is 27.6 Å². The van der Waals surface area contributed by atoms with E-state index in [1.807, 2.05) is 6.92 Å². The molecule has 0 heterocycles. The van der Waals surface area contributed by atoms with Crippen molar-refractivity contribution in [3.05, 3.63) is 82.4 Å². The summed E-state index contributed by atoms with van der Waals surface area (Å²) in [6.07, 6.45) is 0. The molecule has 3 aromatic carbocycles. The number of non-ortho nitro benzene ring substituents is 1. The minimum atomic E-state index is -4.16. The summed E-state index contributed by atoms with van der Waals surface area (Å²) in [5.74, 6) is -0.0193. The number of amides is 1. The van der Waals surface area contributed by atoms with Gasteiger partial charge in [-0.15, -0.1) is 0 Å². The molecule has 0 radical (unpaired) electrons. The van der Waals surface area contributed by atoms with Gasteiger partial charge in [0.15, 0.2) is 11.5 Å². The van der Waals surface area contributed by atoms with E-state index in [1.165, 1.54) is 68.8 Å². The first-order valence-electron chi connectivity index (χ1n) is 10.0. The van der Waals surface area contributed by atoms with Crippen LogP contribution in [0, 0.1) is 17.0 Å². The van der Waals surface area contributed by atoms with Crippen LogP contribution in [0.15, 0.2) is 71.6 Å². The summed E-state index contributed by atoms with van der Waals surface area (Å²) < 4.78 is 38.5. The number of nitrogens with one attached hydrogen (secondary N) is 1. The zero-order chi connectivity index (χ0) is 24.9. The maximum atomic E-state index is 13.5. The lowest BCUT2D eigenvalue weighted by atomic mass is 10.2. The zero-order valence-corrected chi connectivity index (χ0v) is 19.5. The Kier molecular flexibility index (Phi) is 7.37. The summed E-state index contributed by atoms with van der Waals surface area (Å²) in [5.41, 5.74) is 1.01. The van der Waals surface area contributed by atoms with Gasteiger partial charge in [0.1, 0.15) is 6.54 Å². The summed E-state index contributed by atoms with van der Waals surface area (Å²) in [6.45, 7) is 1.24. The van der Waals surface area contributed by atoms with Gasteiger partial charge in [0.25, 0.3) is 15.7 Å². The van der Waals surface area contributed by atoms with Crippen LogP contribution in [-0.2, 0) is 14.8 Å². The standard InChI is InChI=1S/C23H23N3O7S/c1-16-7-10-20(11-8-16)34(30,31)25(18-9-12-21(32-2)22(14-18)33-3)15-23(27)24-17-5-4-6-19(13-17)26(28)29/h4-14H,15H2,1-3H3,(H,24,27). The Morgan fingerprint density at radius 2 is 1.68 bits per heavy atom. The highest BCUT2D eigenvalue weighted by Crippen LogP contribution is 2.34. The van der Waals surface area contributed by atoms with E-state index in [0.717, 1.165) is 9.87 Å². The van der Waals surface area contributed by atoms with Crippen LogP contribution in [-0.4, -0.2) is 40.0 Å². The third kappa shape index (κ3) is 5.44. The quantitative estimate of drug-likeness (QED) is 0.361. The van der Waals surface area contributed by atoms with Crippen LogP contribution in [0.3, 0.4) is 0 Å². The van der Waals surface area contributed by atoms with Crippen molar-refractivity contribution >= 4 is 33.0 Å². The smallest absolute Gasteiger partial charge is 0.271 e.